The molecule has 0 saturated carbocycles. The van der Waals surface area contributed by atoms with Crippen LogP contribution in [0.4, 0.5) is 0 Å². The second kappa shape index (κ2) is 7.05. The van der Waals surface area contributed by atoms with Gasteiger partial charge >= 0.3 is 0 Å². The molecule has 0 spiro atoms. The van der Waals surface area contributed by atoms with Gasteiger partial charge in [-0.25, -0.2) is 15.0 Å². The first-order valence-electron chi connectivity index (χ1n) is 8.59. The number of carbonyl (C=O) groups excluding carboxylic acids is 1. The van der Waals surface area contributed by atoms with Gasteiger partial charge in [-0.05, 0) is 36.2 Å². The number of aldehydes is 1. The van der Waals surface area contributed by atoms with Crippen molar-refractivity contribution in [1.29, 1.82) is 0 Å². The van der Waals surface area contributed by atoms with E-state index in [9.17, 15) is 9.90 Å². The fourth-order valence-corrected chi connectivity index (χ4v) is 3.04. The molecule has 0 aliphatic carbocycles. The summed E-state index contributed by atoms with van der Waals surface area (Å²) in [7, 11) is 0. The number of fused-ring (bicyclic) bond motifs is 1. The van der Waals surface area contributed by atoms with Gasteiger partial charge in [0.15, 0.2) is 5.82 Å². The summed E-state index contributed by atoms with van der Waals surface area (Å²) in [4.78, 5) is 25.1. The van der Waals surface area contributed by atoms with E-state index in [-0.39, 0.29) is 6.61 Å². The van der Waals surface area contributed by atoms with Gasteiger partial charge in [-0.2, -0.15) is 0 Å². The van der Waals surface area contributed by atoms with Crippen LogP contribution in [0.15, 0.2) is 60.8 Å². The van der Waals surface area contributed by atoms with Gasteiger partial charge in [0.1, 0.15) is 12.0 Å². The Morgan fingerprint density at radius 3 is 2.70 bits per heavy atom. The third kappa shape index (κ3) is 3.20. The van der Waals surface area contributed by atoms with Gasteiger partial charge in [-0.3, -0.25) is 4.79 Å². The first-order chi connectivity index (χ1) is 13.2. The van der Waals surface area contributed by atoms with E-state index in [1.807, 2.05) is 49.4 Å². The monoisotopic (exact) mass is 355 g/mol. The number of para-hydroxylation sites is 1. The molecule has 5 nitrogen and oxygen atoms in total. The average Bonchev–Trinajstić information content (AvgIpc) is 2.73. The standard InChI is InChI=1S/C22H17N3O2/c1-14-6-9-20(22-23-11-16-4-2-3-5-19(16)25-22)24-21(14)15-7-8-17(12-26)18(10-15)13-27/h2-11,13,26H,12H2,1H3. The van der Waals surface area contributed by atoms with Crippen molar-refractivity contribution in [3.63, 3.8) is 0 Å². The SMILES string of the molecule is Cc1ccc(-c2ncc3ccccc3n2)nc1-c1ccc(CO)c(C=O)c1. The van der Waals surface area contributed by atoms with Crippen LogP contribution in [-0.2, 0) is 6.61 Å². The summed E-state index contributed by atoms with van der Waals surface area (Å²) < 4.78 is 0. The van der Waals surface area contributed by atoms with Crippen LogP contribution in [0.2, 0.25) is 0 Å². The Hall–Kier alpha value is -3.44. The zero-order valence-corrected chi connectivity index (χ0v) is 14.8. The quantitative estimate of drug-likeness (QED) is 0.561. The molecular formula is C22H17N3O2. The number of rotatable bonds is 4. The van der Waals surface area contributed by atoms with E-state index in [2.05, 4.69) is 9.97 Å². The van der Waals surface area contributed by atoms with Crippen LogP contribution >= 0.6 is 0 Å². The Kier molecular flexibility index (Phi) is 4.44. The van der Waals surface area contributed by atoms with Crippen LogP contribution in [-0.4, -0.2) is 26.3 Å². The highest BCUT2D eigenvalue weighted by Gasteiger charge is 2.11. The van der Waals surface area contributed by atoms with E-state index >= 15 is 0 Å². The number of aliphatic hydroxyl groups is 1. The summed E-state index contributed by atoms with van der Waals surface area (Å²) in [5.74, 6) is 0.553. The number of carbonyl (C=O) groups is 1. The van der Waals surface area contributed by atoms with Crippen molar-refractivity contribution < 1.29 is 9.90 Å². The van der Waals surface area contributed by atoms with Crippen LogP contribution in [0.3, 0.4) is 0 Å². The van der Waals surface area contributed by atoms with Crippen molar-refractivity contribution in [1.82, 2.24) is 15.0 Å². The Morgan fingerprint density at radius 1 is 1.04 bits per heavy atom. The van der Waals surface area contributed by atoms with E-state index in [1.165, 1.54) is 0 Å². The Bertz CT molecular complexity index is 1160. The summed E-state index contributed by atoms with van der Waals surface area (Å²) in [5.41, 5.74) is 5.14. The van der Waals surface area contributed by atoms with E-state index in [0.29, 0.717) is 22.6 Å². The van der Waals surface area contributed by atoms with Crippen LogP contribution in [0, 0.1) is 6.92 Å². The van der Waals surface area contributed by atoms with Crippen molar-refractivity contribution in [2.45, 2.75) is 13.5 Å². The lowest BCUT2D eigenvalue weighted by molar-refractivity contribution is 0.112. The van der Waals surface area contributed by atoms with Crippen LogP contribution < -0.4 is 0 Å². The summed E-state index contributed by atoms with van der Waals surface area (Å²) in [6, 6.07) is 17.0. The van der Waals surface area contributed by atoms with E-state index in [0.717, 1.165) is 34.0 Å². The van der Waals surface area contributed by atoms with Gasteiger partial charge in [-0.1, -0.05) is 36.4 Å². The van der Waals surface area contributed by atoms with Gasteiger partial charge in [0.2, 0.25) is 0 Å². The molecule has 0 aliphatic rings. The van der Waals surface area contributed by atoms with Gasteiger partial charge in [0, 0.05) is 22.7 Å². The highest BCUT2D eigenvalue weighted by Crippen LogP contribution is 2.26. The van der Waals surface area contributed by atoms with E-state index in [1.54, 1.807) is 18.3 Å². The number of benzene rings is 2. The van der Waals surface area contributed by atoms with Gasteiger partial charge in [0.25, 0.3) is 0 Å². The van der Waals surface area contributed by atoms with Crippen molar-refractivity contribution in [3.8, 4) is 22.8 Å². The summed E-state index contributed by atoms with van der Waals surface area (Å²) in [6.45, 7) is 1.79. The van der Waals surface area contributed by atoms with Crippen molar-refractivity contribution in [3.05, 3.63) is 77.5 Å². The maximum atomic E-state index is 11.3. The first kappa shape index (κ1) is 17.0. The number of aromatic nitrogens is 3. The topological polar surface area (TPSA) is 76.0 Å². The smallest absolute Gasteiger partial charge is 0.178 e. The molecule has 0 unspecified atom stereocenters. The molecule has 132 valence electrons. The minimum absolute atomic E-state index is 0.175. The zero-order chi connectivity index (χ0) is 18.8. The minimum Gasteiger partial charge on any atom is -0.392 e. The molecule has 1 N–H and O–H groups in total. The lowest BCUT2D eigenvalue weighted by atomic mass is 10.0. The van der Waals surface area contributed by atoms with Crippen molar-refractivity contribution in [2.24, 2.45) is 0 Å². The highest BCUT2D eigenvalue weighted by atomic mass is 16.3. The second-order valence-corrected chi connectivity index (χ2v) is 6.30. The molecule has 0 fully saturated rings. The van der Waals surface area contributed by atoms with Crippen LogP contribution in [0.5, 0.6) is 0 Å². The number of hydrogen-bond acceptors (Lipinski definition) is 5. The molecule has 4 rings (SSSR count). The molecule has 2 aromatic carbocycles. The third-order valence-electron chi connectivity index (χ3n) is 4.53. The lowest BCUT2D eigenvalue weighted by Gasteiger charge is -2.10. The normalized spacial score (nSPS) is 10.9. The number of nitrogens with zero attached hydrogens (tertiary/aromatic N) is 3. The van der Waals surface area contributed by atoms with Crippen molar-refractivity contribution >= 4 is 17.2 Å². The number of aryl methyl sites for hydroxylation is 1. The molecule has 4 aromatic rings. The summed E-state index contributed by atoms with van der Waals surface area (Å²) >= 11 is 0. The van der Waals surface area contributed by atoms with Crippen LogP contribution in [0.1, 0.15) is 21.5 Å². The van der Waals surface area contributed by atoms with Crippen molar-refractivity contribution in [2.75, 3.05) is 0 Å². The van der Waals surface area contributed by atoms with E-state index in [4.69, 9.17) is 4.98 Å². The lowest BCUT2D eigenvalue weighted by Crippen LogP contribution is -1.98. The summed E-state index contributed by atoms with van der Waals surface area (Å²) in [6.07, 6.45) is 2.54. The molecular weight excluding hydrogens is 338 g/mol. The molecule has 27 heavy (non-hydrogen) atoms. The van der Waals surface area contributed by atoms with Gasteiger partial charge in [-0.15, -0.1) is 0 Å². The number of pyridine rings is 1. The van der Waals surface area contributed by atoms with Gasteiger partial charge < -0.3 is 5.11 Å². The maximum absolute atomic E-state index is 11.3. The molecule has 0 aliphatic heterocycles. The second-order valence-electron chi connectivity index (χ2n) is 6.30. The summed E-state index contributed by atoms with van der Waals surface area (Å²) in [5, 5.41) is 10.3. The van der Waals surface area contributed by atoms with E-state index < -0.39 is 0 Å². The predicted octanol–water partition coefficient (Wildman–Crippen LogP) is 3.97. The highest BCUT2D eigenvalue weighted by molar-refractivity contribution is 5.82. The Morgan fingerprint density at radius 2 is 1.89 bits per heavy atom. The maximum Gasteiger partial charge on any atom is 0.178 e. The number of hydrogen-bond donors (Lipinski definition) is 1. The first-order valence-corrected chi connectivity index (χ1v) is 8.59. The van der Waals surface area contributed by atoms with Crippen LogP contribution in [0.25, 0.3) is 33.7 Å². The Labute approximate surface area is 156 Å². The third-order valence-corrected chi connectivity index (χ3v) is 4.53. The molecule has 2 aromatic heterocycles. The fourth-order valence-electron chi connectivity index (χ4n) is 3.04. The van der Waals surface area contributed by atoms with Gasteiger partial charge in [0.05, 0.1) is 17.8 Å². The average molecular weight is 355 g/mol. The molecule has 5 heteroatoms. The minimum atomic E-state index is -0.175. The zero-order valence-electron chi connectivity index (χ0n) is 14.8. The molecule has 0 amide bonds. The molecule has 0 atom stereocenters. The Balaban J connectivity index is 1.82. The molecule has 2 heterocycles. The predicted molar refractivity (Wildman–Crippen MR) is 104 cm³/mol. The fraction of sp³-hybridized carbons (Fsp3) is 0.0909. The number of aliphatic hydroxyl groups excluding tert-OH is 1. The molecule has 0 radical (unpaired) electrons. The molecule has 0 bridgehead atoms. The largest absolute Gasteiger partial charge is 0.392 e. The molecule has 0 saturated heterocycles.